The van der Waals surface area contributed by atoms with Gasteiger partial charge in [-0.2, -0.15) is 4.98 Å². The Bertz CT molecular complexity index is 1230. The van der Waals surface area contributed by atoms with Crippen molar-refractivity contribution < 1.29 is 13.7 Å². The fourth-order valence-corrected chi connectivity index (χ4v) is 4.13. The molecule has 3 heterocycles. The number of hydrogen-bond donors (Lipinski definition) is 1. The summed E-state index contributed by atoms with van der Waals surface area (Å²) in [6.07, 6.45) is 2.78. The van der Waals surface area contributed by atoms with Crippen LogP contribution in [0.3, 0.4) is 0 Å². The predicted molar refractivity (Wildman–Crippen MR) is 110 cm³/mol. The summed E-state index contributed by atoms with van der Waals surface area (Å²) in [4.78, 5) is 21.9. The number of nitrogens with one attached hydrogen (secondary N) is 1. The van der Waals surface area contributed by atoms with E-state index in [-0.39, 0.29) is 11.8 Å². The van der Waals surface area contributed by atoms with E-state index in [0.29, 0.717) is 48.2 Å². The third kappa shape index (κ3) is 3.57. The van der Waals surface area contributed by atoms with Crippen molar-refractivity contribution in [2.75, 3.05) is 6.54 Å². The van der Waals surface area contributed by atoms with Crippen molar-refractivity contribution in [3.8, 4) is 0 Å². The van der Waals surface area contributed by atoms with Gasteiger partial charge in [0, 0.05) is 47.6 Å². The Kier molecular flexibility index (Phi) is 4.75. The van der Waals surface area contributed by atoms with Crippen LogP contribution in [0.25, 0.3) is 10.9 Å². The van der Waals surface area contributed by atoms with Crippen LogP contribution >= 0.6 is 11.6 Å². The maximum Gasteiger partial charge on any atom is 0.231 e. The number of fused-ring (bicyclic) bond motifs is 1. The van der Waals surface area contributed by atoms with Gasteiger partial charge in [0.1, 0.15) is 5.82 Å². The van der Waals surface area contributed by atoms with Crippen LogP contribution in [0.5, 0.6) is 0 Å². The summed E-state index contributed by atoms with van der Waals surface area (Å²) in [5.74, 6) is 0.498. The molecule has 1 aliphatic rings. The van der Waals surface area contributed by atoms with Gasteiger partial charge in [-0.1, -0.05) is 41.0 Å². The number of carbonyl (C=O) groups is 1. The smallest absolute Gasteiger partial charge is 0.231 e. The highest BCUT2D eigenvalue weighted by atomic mass is 35.5. The molecule has 0 saturated carbocycles. The molecule has 4 aromatic rings. The summed E-state index contributed by atoms with van der Waals surface area (Å²) < 4.78 is 18.7. The lowest BCUT2D eigenvalue weighted by atomic mass is 10.1. The second-order valence-electron chi connectivity index (χ2n) is 7.49. The number of hydrogen-bond acceptors (Lipinski definition) is 4. The molecule has 1 saturated heterocycles. The maximum absolute atomic E-state index is 13.3. The molecular formula is C22H18ClFN4O2. The quantitative estimate of drug-likeness (QED) is 0.513. The van der Waals surface area contributed by atoms with Gasteiger partial charge in [-0.15, -0.1) is 0 Å². The average Bonchev–Trinajstić information content (AvgIpc) is 3.44. The van der Waals surface area contributed by atoms with Crippen molar-refractivity contribution in [3.05, 3.63) is 82.3 Å². The number of para-hydroxylation sites is 1. The largest absolute Gasteiger partial charge is 0.361 e. The first-order chi connectivity index (χ1) is 14.6. The molecule has 8 heteroatoms. The lowest BCUT2D eigenvalue weighted by molar-refractivity contribution is -0.128. The zero-order valence-corrected chi connectivity index (χ0v) is 16.7. The van der Waals surface area contributed by atoms with Crippen molar-refractivity contribution >= 4 is 28.4 Å². The number of amides is 1. The van der Waals surface area contributed by atoms with Gasteiger partial charge in [-0.3, -0.25) is 4.79 Å². The highest BCUT2D eigenvalue weighted by molar-refractivity contribution is 6.31. The predicted octanol–water partition coefficient (Wildman–Crippen LogP) is 4.45. The Morgan fingerprint density at radius 3 is 2.97 bits per heavy atom. The van der Waals surface area contributed by atoms with Crippen molar-refractivity contribution in [1.29, 1.82) is 0 Å². The lowest BCUT2D eigenvalue weighted by Gasteiger charge is -2.17. The van der Waals surface area contributed by atoms with Gasteiger partial charge >= 0.3 is 0 Å². The van der Waals surface area contributed by atoms with E-state index in [1.54, 1.807) is 11.0 Å². The normalized spacial score (nSPS) is 16.7. The summed E-state index contributed by atoms with van der Waals surface area (Å²) in [6.45, 7) is 0.799. The van der Waals surface area contributed by atoms with Crippen molar-refractivity contribution in [3.63, 3.8) is 0 Å². The van der Waals surface area contributed by atoms with E-state index in [1.165, 1.54) is 12.1 Å². The SMILES string of the molecule is O=C1CC(c2noc(Cc3c[nH]c4ccccc34)n2)CN1Cc1ccc(F)cc1Cl. The van der Waals surface area contributed by atoms with Gasteiger partial charge in [-0.05, 0) is 29.3 Å². The van der Waals surface area contributed by atoms with Crippen molar-refractivity contribution in [2.45, 2.75) is 25.3 Å². The molecule has 1 amide bonds. The highest BCUT2D eigenvalue weighted by Gasteiger charge is 2.34. The Morgan fingerprint density at radius 2 is 2.10 bits per heavy atom. The van der Waals surface area contributed by atoms with Crippen LogP contribution in [0.4, 0.5) is 4.39 Å². The molecule has 1 fully saturated rings. The molecule has 5 rings (SSSR count). The molecule has 30 heavy (non-hydrogen) atoms. The minimum atomic E-state index is -0.399. The zero-order chi connectivity index (χ0) is 20.7. The number of benzene rings is 2. The third-order valence-corrected chi connectivity index (χ3v) is 5.81. The molecule has 6 nitrogen and oxygen atoms in total. The molecule has 2 aromatic carbocycles. The number of aromatic nitrogens is 3. The summed E-state index contributed by atoms with van der Waals surface area (Å²) >= 11 is 6.10. The first-order valence-electron chi connectivity index (χ1n) is 9.66. The minimum Gasteiger partial charge on any atom is -0.361 e. The fraction of sp³-hybridized carbons (Fsp3) is 0.227. The topological polar surface area (TPSA) is 75.0 Å². The van der Waals surface area contributed by atoms with E-state index in [9.17, 15) is 9.18 Å². The van der Waals surface area contributed by atoms with Crippen LogP contribution in [-0.4, -0.2) is 32.5 Å². The summed E-state index contributed by atoms with van der Waals surface area (Å²) in [5, 5.41) is 5.55. The van der Waals surface area contributed by atoms with Crippen LogP contribution in [0.2, 0.25) is 5.02 Å². The highest BCUT2D eigenvalue weighted by Crippen LogP contribution is 2.29. The molecule has 0 aliphatic carbocycles. The molecule has 0 spiro atoms. The molecule has 0 radical (unpaired) electrons. The van der Waals surface area contributed by atoms with Crippen molar-refractivity contribution in [1.82, 2.24) is 20.0 Å². The monoisotopic (exact) mass is 424 g/mol. The number of likely N-dealkylation sites (tertiary alicyclic amines) is 1. The van der Waals surface area contributed by atoms with Crippen molar-refractivity contribution in [2.24, 2.45) is 0 Å². The Labute approximate surface area is 176 Å². The van der Waals surface area contributed by atoms with Gasteiger partial charge in [0.25, 0.3) is 0 Å². The minimum absolute atomic E-state index is 0.0108. The first-order valence-corrected chi connectivity index (χ1v) is 10.0. The summed E-state index contributed by atoms with van der Waals surface area (Å²) in [5.41, 5.74) is 2.85. The van der Waals surface area contributed by atoms with E-state index in [2.05, 4.69) is 15.1 Å². The van der Waals surface area contributed by atoms with Gasteiger partial charge in [-0.25, -0.2) is 4.39 Å². The number of aromatic amines is 1. The van der Waals surface area contributed by atoms with E-state index >= 15 is 0 Å². The molecule has 2 aromatic heterocycles. The van der Waals surface area contributed by atoms with E-state index < -0.39 is 5.82 Å². The van der Waals surface area contributed by atoms with Gasteiger partial charge < -0.3 is 14.4 Å². The van der Waals surface area contributed by atoms with Crippen LogP contribution in [0.1, 0.15) is 35.2 Å². The van der Waals surface area contributed by atoms with E-state index in [1.807, 2.05) is 30.5 Å². The summed E-state index contributed by atoms with van der Waals surface area (Å²) in [7, 11) is 0. The second-order valence-corrected chi connectivity index (χ2v) is 7.90. The van der Waals surface area contributed by atoms with Crippen LogP contribution in [0.15, 0.2) is 53.2 Å². The Hall–Kier alpha value is -3.19. The molecular weight excluding hydrogens is 407 g/mol. The van der Waals surface area contributed by atoms with Gasteiger partial charge in [0.15, 0.2) is 5.82 Å². The molecule has 1 unspecified atom stereocenters. The average molecular weight is 425 g/mol. The zero-order valence-electron chi connectivity index (χ0n) is 15.9. The number of nitrogens with zero attached hydrogens (tertiary/aromatic N) is 3. The van der Waals surface area contributed by atoms with Crippen LogP contribution in [-0.2, 0) is 17.8 Å². The first kappa shape index (κ1) is 18.8. The standard InChI is InChI=1S/C22H18ClFN4O2/c23-18-9-16(24)6-5-13(18)11-28-12-15(8-21(28)29)22-26-20(30-27-22)7-14-10-25-19-4-2-1-3-17(14)19/h1-6,9-10,15,25H,7-8,11-12H2. The number of rotatable bonds is 5. The van der Waals surface area contributed by atoms with Gasteiger partial charge in [0.2, 0.25) is 11.8 Å². The number of carbonyl (C=O) groups excluding carboxylic acids is 1. The lowest BCUT2D eigenvalue weighted by Crippen LogP contribution is -2.24. The Morgan fingerprint density at radius 1 is 1.23 bits per heavy atom. The molecule has 0 bridgehead atoms. The number of halogens is 2. The number of H-pyrrole nitrogens is 1. The second kappa shape index (κ2) is 7.57. The van der Waals surface area contributed by atoms with E-state index in [4.69, 9.17) is 16.1 Å². The third-order valence-electron chi connectivity index (χ3n) is 5.46. The van der Waals surface area contributed by atoms with E-state index in [0.717, 1.165) is 16.5 Å². The molecule has 152 valence electrons. The maximum atomic E-state index is 13.3. The molecule has 1 aliphatic heterocycles. The molecule has 1 N–H and O–H groups in total. The van der Waals surface area contributed by atoms with Crippen LogP contribution < -0.4 is 0 Å². The fourth-order valence-electron chi connectivity index (χ4n) is 3.90. The Balaban J connectivity index is 1.29. The molecule has 1 atom stereocenters. The summed E-state index contributed by atoms with van der Waals surface area (Å²) in [6, 6.07) is 12.2. The van der Waals surface area contributed by atoms with Crippen LogP contribution in [0, 0.1) is 5.82 Å². The van der Waals surface area contributed by atoms with Gasteiger partial charge in [0.05, 0.1) is 6.42 Å².